The molecule has 0 saturated carbocycles. The van der Waals surface area contributed by atoms with E-state index in [1.54, 1.807) is 22.5 Å². The molecule has 188 valence electrons. The Labute approximate surface area is 216 Å². The van der Waals surface area contributed by atoms with Crippen molar-refractivity contribution >= 4 is 17.2 Å². The Morgan fingerprint density at radius 1 is 1.31 bits per heavy atom. The fourth-order valence-corrected chi connectivity index (χ4v) is 4.70. The van der Waals surface area contributed by atoms with Crippen LogP contribution in [0.5, 0.6) is 11.5 Å². The summed E-state index contributed by atoms with van der Waals surface area (Å²) in [5.41, 5.74) is 1.65. The van der Waals surface area contributed by atoms with Gasteiger partial charge in [-0.2, -0.15) is 21.5 Å². The number of methoxy groups -OCH3 is 1. The van der Waals surface area contributed by atoms with Crippen molar-refractivity contribution in [2.75, 3.05) is 27.3 Å². The van der Waals surface area contributed by atoms with E-state index in [1.165, 1.54) is 18.3 Å². The summed E-state index contributed by atoms with van der Waals surface area (Å²) in [4.78, 5) is 14.4. The molecule has 4 aromatic rings. The van der Waals surface area contributed by atoms with Crippen LogP contribution in [0.4, 0.5) is 0 Å². The molecule has 1 aliphatic heterocycles. The predicted molar refractivity (Wildman–Crippen MR) is 135 cm³/mol. The molecule has 0 unspecified atom stereocenters. The maximum Gasteiger partial charge on any atom is 0.275 e. The first-order valence-corrected chi connectivity index (χ1v) is 12.0. The van der Waals surface area contributed by atoms with Gasteiger partial charge >= 0.3 is 0 Å². The highest BCUT2D eigenvalue weighted by atomic mass is 32.1. The van der Waals surface area contributed by atoms with Crippen LogP contribution < -0.4 is 9.47 Å². The number of thiophene rings is 1. The second-order valence-corrected chi connectivity index (χ2v) is 9.51. The summed E-state index contributed by atoms with van der Waals surface area (Å²) in [5.74, 6) is 0.0815. The maximum absolute atomic E-state index is 13.9. The molecule has 4 heterocycles. The van der Waals surface area contributed by atoms with Gasteiger partial charge in [0.15, 0.2) is 5.69 Å². The van der Waals surface area contributed by atoms with Crippen LogP contribution in [0.25, 0.3) is 28.2 Å². The van der Waals surface area contributed by atoms with E-state index >= 15 is 0 Å². The molecule has 1 aliphatic rings. The van der Waals surface area contributed by atoms with E-state index in [2.05, 4.69) is 10.2 Å². The number of ether oxygens (including phenoxy) is 2. The Balaban J connectivity index is 1.75. The molecule has 1 aromatic carbocycles. The van der Waals surface area contributed by atoms with Gasteiger partial charge in [-0.3, -0.25) is 9.48 Å². The zero-order valence-corrected chi connectivity index (χ0v) is 20.7. The maximum atomic E-state index is 13.9. The van der Waals surface area contributed by atoms with Crippen molar-refractivity contribution in [1.82, 2.24) is 24.5 Å². The molecule has 3 aromatic heterocycles. The van der Waals surface area contributed by atoms with E-state index in [0.29, 0.717) is 50.2 Å². The lowest BCUT2D eigenvalue weighted by Crippen LogP contribution is -2.53. The van der Waals surface area contributed by atoms with Crippen LogP contribution >= 0.6 is 11.3 Å². The highest BCUT2D eigenvalue weighted by Crippen LogP contribution is 2.46. The molecule has 10 nitrogen and oxygen atoms in total. The van der Waals surface area contributed by atoms with E-state index < -0.39 is 31.6 Å². The molecule has 2 N–H and O–H groups in total. The molecule has 5 rings (SSSR count). The lowest BCUT2D eigenvalue weighted by atomic mass is 9.97. The van der Waals surface area contributed by atoms with Gasteiger partial charge < -0.3 is 24.6 Å². The first kappa shape index (κ1) is 20.5. The second-order valence-electron chi connectivity index (χ2n) is 8.73. The highest BCUT2D eigenvalue weighted by Gasteiger charge is 2.37. The van der Waals surface area contributed by atoms with Gasteiger partial charge in [-0.1, -0.05) is 0 Å². The molecule has 0 aliphatic carbocycles. The lowest BCUT2D eigenvalue weighted by Gasteiger charge is -2.35. The minimum atomic E-state index is -2.97. The zero-order valence-electron chi connectivity index (χ0n) is 22.9. The number of nitrogens with zero attached hydrogens (tertiary/aromatic N) is 5. The van der Waals surface area contributed by atoms with Crippen LogP contribution in [-0.2, 0) is 13.7 Å². The number of aliphatic hydroxyl groups is 2. The van der Waals surface area contributed by atoms with Crippen molar-refractivity contribution in [2.45, 2.75) is 19.1 Å². The summed E-state index contributed by atoms with van der Waals surface area (Å²) in [5, 5.41) is 32.7. The van der Waals surface area contributed by atoms with Crippen LogP contribution in [0, 0.1) is 0 Å². The second kappa shape index (κ2) is 9.08. The number of rotatable bonds is 7. The van der Waals surface area contributed by atoms with Crippen LogP contribution in [0.3, 0.4) is 0 Å². The Kier molecular flexibility index (Phi) is 5.18. The summed E-state index contributed by atoms with van der Waals surface area (Å²) in [6, 6.07) is 7.27. The van der Waals surface area contributed by atoms with Crippen LogP contribution in [-0.4, -0.2) is 73.4 Å². The number of aryl methyl sites for hydroxylation is 1. The molecule has 0 radical (unpaired) electrons. The van der Waals surface area contributed by atoms with E-state index in [1.807, 2.05) is 42.2 Å². The minimum Gasteiger partial charge on any atom is -0.496 e. The number of hydrogen-bond acceptors (Lipinski definition) is 8. The van der Waals surface area contributed by atoms with Crippen molar-refractivity contribution in [3.8, 4) is 39.7 Å². The van der Waals surface area contributed by atoms with Crippen molar-refractivity contribution in [3.63, 3.8) is 0 Å². The fraction of sp³-hybridized carbons (Fsp3) is 0.320. The number of benzene rings is 1. The van der Waals surface area contributed by atoms with Gasteiger partial charge in [-0.15, -0.1) is 0 Å². The zero-order chi connectivity index (χ0) is 28.1. The number of amides is 1. The Bertz CT molecular complexity index is 1530. The van der Waals surface area contributed by atoms with Gasteiger partial charge in [0.25, 0.3) is 5.91 Å². The quantitative estimate of drug-likeness (QED) is 0.391. The van der Waals surface area contributed by atoms with Gasteiger partial charge in [0.05, 0.1) is 42.9 Å². The molecule has 0 spiro atoms. The van der Waals surface area contributed by atoms with Crippen molar-refractivity contribution < 1.29 is 28.6 Å². The molecule has 1 amide bonds. The number of carbonyl (C=O) groups is 1. The topological polar surface area (TPSA) is 115 Å². The number of fused-ring (bicyclic) bond motifs is 3. The van der Waals surface area contributed by atoms with Gasteiger partial charge in [-0.25, -0.2) is 4.68 Å². The van der Waals surface area contributed by atoms with Gasteiger partial charge in [0, 0.05) is 52.5 Å². The van der Waals surface area contributed by atoms with Crippen LogP contribution in [0.1, 0.15) is 27.1 Å². The number of aliphatic hydroxyl groups excluding tert-OH is 2. The number of aromatic nitrogens is 4. The highest BCUT2D eigenvalue weighted by molar-refractivity contribution is 7.08. The van der Waals surface area contributed by atoms with E-state index in [9.17, 15) is 15.0 Å². The van der Waals surface area contributed by atoms with Crippen molar-refractivity contribution in [3.05, 3.63) is 52.5 Å². The molecule has 36 heavy (non-hydrogen) atoms. The van der Waals surface area contributed by atoms with Crippen LogP contribution in [0.2, 0.25) is 0 Å². The van der Waals surface area contributed by atoms with E-state index in [0.717, 1.165) is 0 Å². The summed E-state index contributed by atoms with van der Waals surface area (Å²) < 4.78 is 39.0. The number of likely N-dealkylation sites (N-methyl/N-ethyl adjacent to an activating group) is 1. The lowest BCUT2D eigenvalue weighted by molar-refractivity contribution is 0.0144. The normalized spacial score (nSPS) is 14.2. The monoisotopic (exact) mass is 512 g/mol. The fourth-order valence-electron chi connectivity index (χ4n) is 4.09. The summed E-state index contributed by atoms with van der Waals surface area (Å²) in [6.45, 7) is -3.27. The molecule has 0 fully saturated rings. The molecule has 0 atom stereocenters. The third kappa shape index (κ3) is 3.76. The first-order chi connectivity index (χ1) is 18.5. The van der Waals surface area contributed by atoms with Gasteiger partial charge in [0.1, 0.15) is 18.1 Å². The molecular weight excluding hydrogens is 482 g/mol. The number of carbonyl (C=O) groups excluding carboxylic acids is 1. The molecule has 0 saturated heterocycles. The number of hydrogen-bond donors (Lipinski definition) is 2. The predicted octanol–water partition coefficient (Wildman–Crippen LogP) is 2.72. The molecule has 11 heteroatoms. The van der Waals surface area contributed by atoms with Crippen molar-refractivity contribution in [1.29, 1.82) is 0 Å². The smallest absolute Gasteiger partial charge is 0.275 e. The Hall–Kier alpha value is -3.67. The minimum absolute atomic E-state index is 0.0660. The average Bonchev–Trinajstić information content (AvgIpc) is 3.66. The third-order valence-electron chi connectivity index (χ3n) is 6.28. The SMILES string of the molecule is [2H]C([2H])([2H])N(C(=O)c1nn(-c2ccsc2)c2c1COc1cc(OC)c(-c3ccn(C)n3)cc1-2)C(C)(CO)CO. The van der Waals surface area contributed by atoms with Gasteiger partial charge in [0.2, 0.25) is 0 Å². The third-order valence-corrected chi connectivity index (χ3v) is 6.95. The van der Waals surface area contributed by atoms with E-state index in [-0.39, 0.29) is 12.3 Å². The standard InChI is InChI=1S/C25H27N5O5S/c1-25(13-31,14-32)29(3)24(33)22-18-11-35-21-10-20(34-4)16(19-5-7-28(2)26-19)9-17(21)23(18)30(27-22)15-6-8-36-12-15/h5-10,12,31-32H,11,13-14H2,1-4H3/i3D3. The van der Waals surface area contributed by atoms with Gasteiger partial charge in [-0.05, 0) is 30.5 Å². The van der Waals surface area contributed by atoms with Crippen LogP contribution in [0.15, 0.2) is 41.2 Å². The Morgan fingerprint density at radius 2 is 2.11 bits per heavy atom. The first-order valence-electron chi connectivity index (χ1n) is 12.6. The summed E-state index contributed by atoms with van der Waals surface area (Å²) >= 11 is 1.44. The summed E-state index contributed by atoms with van der Waals surface area (Å²) in [7, 11) is 3.36. The largest absolute Gasteiger partial charge is 0.496 e. The summed E-state index contributed by atoms with van der Waals surface area (Å²) in [6.07, 6.45) is 1.81. The average molecular weight is 513 g/mol. The Morgan fingerprint density at radius 3 is 2.72 bits per heavy atom. The van der Waals surface area contributed by atoms with E-state index in [4.69, 9.17) is 13.6 Å². The molecule has 0 bridgehead atoms. The molecular formula is C25H27N5O5S. The van der Waals surface area contributed by atoms with Crippen molar-refractivity contribution in [2.24, 2.45) is 7.05 Å².